The molecule has 2 rings (SSSR count). The van der Waals surface area contributed by atoms with Gasteiger partial charge in [0.2, 0.25) is 0 Å². The fourth-order valence-electron chi connectivity index (χ4n) is 2.50. The predicted octanol–water partition coefficient (Wildman–Crippen LogP) is 1.56. The van der Waals surface area contributed by atoms with Crippen LogP contribution in [-0.2, 0) is 0 Å². The minimum absolute atomic E-state index is 0.318. The fraction of sp³-hybridized carbons (Fsp3) is 0.643. The standard InChI is InChI=1S/C14H21N5/c1-11(2)19(10-12-3-5-16-6-4-12)14-13(9-15)17-7-8-18-14/h7-8,11-12,16H,3-6,10H2,1-2H3. The largest absolute Gasteiger partial charge is 0.351 e. The molecule has 0 amide bonds. The van der Waals surface area contributed by atoms with Crippen molar-refractivity contribution >= 4 is 5.82 Å². The lowest BCUT2D eigenvalue weighted by Gasteiger charge is -2.33. The van der Waals surface area contributed by atoms with Crippen LogP contribution in [0.4, 0.5) is 5.82 Å². The number of anilines is 1. The number of rotatable bonds is 4. The first kappa shape index (κ1) is 13.8. The highest BCUT2D eigenvalue weighted by Crippen LogP contribution is 2.22. The van der Waals surface area contributed by atoms with Crippen molar-refractivity contribution in [1.29, 1.82) is 5.26 Å². The van der Waals surface area contributed by atoms with Crippen molar-refractivity contribution in [3.63, 3.8) is 0 Å². The van der Waals surface area contributed by atoms with Gasteiger partial charge in [-0.3, -0.25) is 0 Å². The van der Waals surface area contributed by atoms with Gasteiger partial charge in [-0.05, 0) is 45.7 Å². The summed E-state index contributed by atoms with van der Waals surface area (Å²) in [6.45, 7) is 7.39. The molecule has 1 N–H and O–H groups in total. The van der Waals surface area contributed by atoms with Gasteiger partial charge in [0.15, 0.2) is 11.5 Å². The van der Waals surface area contributed by atoms with E-state index in [-0.39, 0.29) is 0 Å². The van der Waals surface area contributed by atoms with Gasteiger partial charge in [-0.25, -0.2) is 9.97 Å². The molecule has 1 aromatic heterocycles. The Hall–Kier alpha value is -1.67. The van der Waals surface area contributed by atoms with E-state index in [4.69, 9.17) is 5.26 Å². The second-order valence-electron chi connectivity index (χ2n) is 5.28. The van der Waals surface area contributed by atoms with Crippen LogP contribution in [0.15, 0.2) is 12.4 Å². The summed E-state index contributed by atoms with van der Waals surface area (Å²) in [7, 11) is 0. The Balaban J connectivity index is 2.17. The third-order valence-corrected chi connectivity index (χ3v) is 3.59. The van der Waals surface area contributed by atoms with E-state index in [0.29, 0.717) is 17.7 Å². The SMILES string of the molecule is CC(C)N(CC1CCNCC1)c1nccnc1C#N. The summed E-state index contributed by atoms with van der Waals surface area (Å²) in [6, 6.07) is 2.46. The number of hydrogen-bond donors (Lipinski definition) is 1. The lowest BCUT2D eigenvalue weighted by Crippen LogP contribution is -2.40. The van der Waals surface area contributed by atoms with Crippen LogP contribution >= 0.6 is 0 Å². The molecule has 1 aliphatic heterocycles. The molecule has 0 radical (unpaired) electrons. The van der Waals surface area contributed by atoms with E-state index in [1.165, 1.54) is 12.8 Å². The summed E-state index contributed by atoms with van der Waals surface area (Å²) in [6.07, 6.45) is 5.61. The van der Waals surface area contributed by atoms with Crippen molar-refractivity contribution in [3.8, 4) is 6.07 Å². The molecule has 1 fully saturated rings. The van der Waals surface area contributed by atoms with E-state index < -0.39 is 0 Å². The minimum atomic E-state index is 0.318. The number of nitrogens with one attached hydrogen (secondary N) is 1. The van der Waals surface area contributed by atoms with E-state index in [1.54, 1.807) is 12.4 Å². The van der Waals surface area contributed by atoms with Crippen molar-refractivity contribution in [3.05, 3.63) is 18.1 Å². The van der Waals surface area contributed by atoms with Crippen LogP contribution in [-0.4, -0.2) is 35.6 Å². The zero-order chi connectivity index (χ0) is 13.7. The maximum atomic E-state index is 9.17. The van der Waals surface area contributed by atoms with Crippen LogP contribution in [0.3, 0.4) is 0 Å². The first-order valence-corrected chi connectivity index (χ1v) is 6.91. The summed E-state index contributed by atoms with van der Waals surface area (Å²) in [5.41, 5.74) is 0.421. The molecule has 5 nitrogen and oxygen atoms in total. The summed E-state index contributed by atoms with van der Waals surface area (Å²) >= 11 is 0. The van der Waals surface area contributed by atoms with Crippen LogP contribution in [0.2, 0.25) is 0 Å². The average Bonchev–Trinajstić information content (AvgIpc) is 2.45. The topological polar surface area (TPSA) is 64.8 Å². The van der Waals surface area contributed by atoms with Gasteiger partial charge in [0.1, 0.15) is 6.07 Å². The molecule has 0 unspecified atom stereocenters. The molecule has 1 saturated heterocycles. The number of nitriles is 1. The first-order chi connectivity index (χ1) is 9.22. The Kier molecular flexibility index (Phi) is 4.69. The molecule has 0 bridgehead atoms. The van der Waals surface area contributed by atoms with Crippen molar-refractivity contribution in [2.45, 2.75) is 32.7 Å². The van der Waals surface area contributed by atoms with Crippen molar-refractivity contribution in [2.24, 2.45) is 5.92 Å². The van der Waals surface area contributed by atoms with Gasteiger partial charge in [-0.1, -0.05) is 0 Å². The maximum Gasteiger partial charge on any atom is 0.183 e. The van der Waals surface area contributed by atoms with Crippen molar-refractivity contribution in [2.75, 3.05) is 24.5 Å². The molecule has 0 aliphatic carbocycles. The average molecular weight is 259 g/mol. The van der Waals surface area contributed by atoms with Crippen LogP contribution in [0.1, 0.15) is 32.4 Å². The molecule has 0 aromatic carbocycles. The Morgan fingerprint density at radius 1 is 1.37 bits per heavy atom. The third-order valence-electron chi connectivity index (χ3n) is 3.59. The molecule has 1 aromatic rings. The minimum Gasteiger partial charge on any atom is -0.351 e. The van der Waals surface area contributed by atoms with Gasteiger partial charge in [0, 0.05) is 25.0 Å². The van der Waals surface area contributed by atoms with Crippen LogP contribution in [0.25, 0.3) is 0 Å². The number of piperidine rings is 1. The predicted molar refractivity (Wildman–Crippen MR) is 74.8 cm³/mol. The van der Waals surface area contributed by atoms with Gasteiger partial charge < -0.3 is 10.2 Å². The second-order valence-corrected chi connectivity index (χ2v) is 5.28. The molecular weight excluding hydrogens is 238 g/mol. The zero-order valence-corrected chi connectivity index (χ0v) is 11.6. The summed E-state index contributed by atoms with van der Waals surface area (Å²) in [5.74, 6) is 1.38. The maximum absolute atomic E-state index is 9.17. The van der Waals surface area contributed by atoms with Gasteiger partial charge >= 0.3 is 0 Å². The highest BCUT2D eigenvalue weighted by Gasteiger charge is 2.22. The van der Waals surface area contributed by atoms with Gasteiger partial charge in [-0.2, -0.15) is 5.26 Å². The Morgan fingerprint density at radius 2 is 2.05 bits per heavy atom. The summed E-state index contributed by atoms with van der Waals surface area (Å²) < 4.78 is 0. The monoisotopic (exact) mass is 259 g/mol. The van der Waals surface area contributed by atoms with Crippen LogP contribution in [0, 0.1) is 17.2 Å². The molecule has 5 heteroatoms. The molecule has 0 saturated carbocycles. The van der Waals surface area contributed by atoms with Crippen molar-refractivity contribution < 1.29 is 0 Å². The zero-order valence-electron chi connectivity index (χ0n) is 11.6. The molecule has 0 spiro atoms. The smallest absolute Gasteiger partial charge is 0.183 e. The third kappa shape index (κ3) is 3.42. The van der Waals surface area contributed by atoms with Gasteiger partial charge in [0.25, 0.3) is 0 Å². The fourth-order valence-corrected chi connectivity index (χ4v) is 2.50. The molecule has 102 valence electrons. The second kappa shape index (κ2) is 6.48. The summed E-state index contributed by atoms with van der Waals surface area (Å²) in [5, 5.41) is 12.5. The van der Waals surface area contributed by atoms with E-state index in [0.717, 1.165) is 25.5 Å². The Bertz CT molecular complexity index is 445. The lowest BCUT2D eigenvalue weighted by molar-refractivity contribution is 0.367. The van der Waals surface area contributed by atoms with Crippen LogP contribution in [0.5, 0.6) is 0 Å². The highest BCUT2D eigenvalue weighted by molar-refractivity contribution is 5.50. The van der Waals surface area contributed by atoms with E-state index in [9.17, 15) is 0 Å². The molecular formula is C14H21N5. The van der Waals surface area contributed by atoms with Crippen molar-refractivity contribution in [1.82, 2.24) is 15.3 Å². The quantitative estimate of drug-likeness (QED) is 0.889. The van der Waals surface area contributed by atoms with Gasteiger partial charge in [0.05, 0.1) is 0 Å². The number of aromatic nitrogens is 2. The van der Waals surface area contributed by atoms with Gasteiger partial charge in [-0.15, -0.1) is 0 Å². The van der Waals surface area contributed by atoms with E-state index >= 15 is 0 Å². The molecule has 1 aliphatic rings. The van der Waals surface area contributed by atoms with Crippen LogP contribution < -0.4 is 10.2 Å². The Morgan fingerprint density at radius 3 is 2.68 bits per heavy atom. The summed E-state index contributed by atoms with van der Waals surface area (Å²) in [4.78, 5) is 10.7. The molecule has 0 atom stereocenters. The Labute approximate surface area is 114 Å². The number of hydrogen-bond acceptors (Lipinski definition) is 5. The first-order valence-electron chi connectivity index (χ1n) is 6.91. The number of nitrogens with zero attached hydrogens (tertiary/aromatic N) is 4. The van der Waals surface area contributed by atoms with E-state index in [1.807, 2.05) is 0 Å². The highest BCUT2D eigenvalue weighted by atomic mass is 15.2. The molecule has 19 heavy (non-hydrogen) atoms. The van der Waals surface area contributed by atoms with E-state index in [2.05, 4.69) is 40.1 Å². The molecule has 2 heterocycles. The normalized spacial score (nSPS) is 16.3. The lowest BCUT2D eigenvalue weighted by atomic mass is 9.97.